The average Bonchev–Trinajstić information content (AvgIpc) is 2.62. The number of aryl methyl sites for hydroxylation is 1. The lowest BCUT2D eigenvalue weighted by Gasteiger charge is -2.24. The molecule has 0 bridgehead atoms. The summed E-state index contributed by atoms with van der Waals surface area (Å²) in [4.78, 5) is 6.71. The Labute approximate surface area is 181 Å². The molecule has 9 heteroatoms. The van der Waals surface area contributed by atoms with Crippen LogP contribution in [0.1, 0.15) is 26.3 Å². The zero-order valence-corrected chi connectivity index (χ0v) is 19.9. The Morgan fingerprint density at radius 3 is 2.48 bits per heavy atom. The molecule has 0 atom stereocenters. The van der Waals surface area contributed by atoms with Crippen LogP contribution in [0.15, 0.2) is 29.3 Å². The third-order valence-corrected chi connectivity index (χ3v) is 5.25. The molecule has 1 rings (SSSR count). The lowest BCUT2D eigenvalue weighted by Crippen LogP contribution is -2.42. The van der Waals surface area contributed by atoms with Gasteiger partial charge in [-0.1, -0.05) is 12.1 Å². The Balaban J connectivity index is 0.00000676. The number of nitrogens with one attached hydrogen (secondary N) is 3. The highest BCUT2D eigenvalue weighted by Crippen LogP contribution is 2.14. The summed E-state index contributed by atoms with van der Waals surface area (Å²) in [6.07, 6.45) is 0. The molecule has 0 heterocycles. The highest BCUT2D eigenvalue weighted by atomic mass is 127. The van der Waals surface area contributed by atoms with Crippen molar-refractivity contribution in [1.29, 1.82) is 0 Å². The molecule has 1 aromatic carbocycles. The molecule has 0 spiro atoms. The fourth-order valence-corrected chi connectivity index (χ4v) is 3.02. The summed E-state index contributed by atoms with van der Waals surface area (Å²) in [7, 11) is -3.16. The second kappa shape index (κ2) is 14.0. The topological polar surface area (TPSA) is 85.8 Å². The number of guanidine groups is 1. The number of halogens is 1. The van der Waals surface area contributed by atoms with Gasteiger partial charge in [-0.3, -0.25) is 4.99 Å². The number of rotatable bonds is 11. The van der Waals surface area contributed by atoms with Crippen molar-refractivity contribution in [3.05, 3.63) is 29.8 Å². The molecule has 7 nitrogen and oxygen atoms in total. The number of anilines is 1. The van der Waals surface area contributed by atoms with E-state index in [9.17, 15) is 8.42 Å². The predicted octanol–water partition coefficient (Wildman–Crippen LogP) is 1.93. The van der Waals surface area contributed by atoms with Crippen LogP contribution in [0.5, 0.6) is 0 Å². The largest absolute Gasteiger partial charge is 0.370 e. The van der Waals surface area contributed by atoms with Crippen LogP contribution in [-0.4, -0.2) is 59.4 Å². The molecule has 0 aromatic heterocycles. The van der Waals surface area contributed by atoms with E-state index >= 15 is 0 Å². The zero-order valence-electron chi connectivity index (χ0n) is 16.8. The Kier molecular flexibility index (Phi) is 13.4. The first-order chi connectivity index (χ1) is 12.4. The molecule has 0 unspecified atom stereocenters. The van der Waals surface area contributed by atoms with Gasteiger partial charge in [0.2, 0.25) is 10.0 Å². The average molecular weight is 511 g/mol. The van der Waals surface area contributed by atoms with Gasteiger partial charge < -0.3 is 15.5 Å². The standard InChI is InChI=1S/C18H33N5O2S.HI/c1-5-19-18(20-11-12-22-26(24,25)7-3)21-13-14-23(6-2)17-10-8-9-16(4)15-17;/h8-10,15,22H,5-7,11-14H2,1-4H3,(H2,19,20,21);1H. The molecule has 0 saturated carbocycles. The summed E-state index contributed by atoms with van der Waals surface area (Å²) in [5.74, 6) is 0.782. The number of nitrogens with zero attached hydrogens (tertiary/aromatic N) is 2. The van der Waals surface area contributed by atoms with Crippen molar-refractivity contribution in [3.8, 4) is 0 Å². The van der Waals surface area contributed by atoms with Gasteiger partial charge in [-0.15, -0.1) is 24.0 Å². The fourth-order valence-electron chi connectivity index (χ4n) is 2.42. The quantitative estimate of drug-likeness (QED) is 0.183. The smallest absolute Gasteiger partial charge is 0.211 e. The molecule has 0 fully saturated rings. The van der Waals surface area contributed by atoms with Crippen LogP contribution in [0, 0.1) is 6.92 Å². The molecule has 0 aliphatic carbocycles. The van der Waals surface area contributed by atoms with E-state index in [0.29, 0.717) is 19.0 Å². The molecular weight excluding hydrogens is 477 g/mol. The molecule has 3 N–H and O–H groups in total. The minimum Gasteiger partial charge on any atom is -0.370 e. The number of likely N-dealkylation sites (N-methyl/N-ethyl adjacent to an activating group) is 1. The Hall–Kier alpha value is -1.07. The number of benzene rings is 1. The number of aliphatic imine (C=N–C) groups is 1. The van der Waals surface area contributed by atoms with E-state index in [2.05, 4.69) is 63.4 Å². The van der Waals surface area contributed by atoms with E-state index in [1.807, 2.05) is 6.92 Å². The first-order valence-electron chi connectivity index (χ1n) is 9.23. The third kappa shape index (κ3) is 10.7. The van der Waals surface area contributed by atoms with Crippen LogP contribution >= 0.6 is 24.0 Å². The Bertz CT molecular complexity index is 667. The molecule has 0 amide bonds. The molecule has 0 saturated heterocycles. The van der Waals surface area contributed by atoms with E-state index in [0.717, 1.165) is 26.2 Å². The molecule has 0 radical (unpaired) electrons. The molecule has 156 valence electrons. The zero-order chi connectivity index (χ0) is 19.4. The van der Waals surface area contributed by atoms with Gasteiger partial charge in [0.1, 0.15) is 0 Å². The second-order valence-electron chi connectivity index (χ2n) is 5.90. The van der Waals surface area contributed by atoms with Gasteiger partial charge >= 0.3 is 0 Å². The van der Waals surface area contributed by atoms with Crippen LogP contribution in [0.2, 0.25) is 0 Å². The van der Waals surface area contributed by atoms with Gasteiger partial charge in [-0.05, 0) is 45.4 Å². The first kappa shape index (κ1) is 25.9. The second-order valence-corrected chi connectivity index (χ2v) is 8.00. The van der Waals surface area contributed by atoms with E-state index < -0.39 is 10.0 Å². The van der Waals surface area contributed by atoms with Crippen molar-refractivity contribution in [2.45, 2.75) is 27.7 Å². The van der Waals surface area contributed by atoms with Gasteiger partial charge in [0.25, 0.3) is 0 Å². The monoisotopic (exact) mass is 511 g/mol. The van der Waals surface area contributed by atoms with Crippen LogP contribution < -0.4 is 20.3 Å². The van der Waals surface area contributed by atoms with Crippen LogP contribution in [-0.2, 0) is 10.0 Å². The lowest BCUT2D eigenvalue weighted by molar-refractivity contribution is 0.583. The summed E-state index contributed by atoms with van der Waals surface area (Å²) in [5.41, 5.74) is 2.46. The van der Waals surface area contributed by atoms with Crippen LogP contribution in [0.25, 0.3) is 0 Å². The van der Waals surface area contributed by atoms with Crippen molar-refractivity contribution in [2.24, 2.45) is 4.99 Å². The minimum absolute atomic E-state index is 0. The maximum absolute atomic E-state index is 11.4. The van der Waals surface area contributed by atoms with Crippen molar-refractivity contribution >= 4 is 45.6 Å². The molecule has 1 aromatic rings. The summed E-state index contributed by atoms with van der Waals surface area (Å²) in [6.45, 7) is 11.8. The normalized spacial score (nSPS) is 11.6. The maximum atomic E-state index is 11.4. The van der Waals surface area contributed by atoms with Crippen LogP contribution in [0.3, 0.4) is 0 Å². The van der Waals surface area contributed by atoms with Gasteiger partial charge in [0, 0.05) is 38.4 Å². The van der Waals surface area contributed by atoms with Gasteiger partial charge in [0.05, 0.1) is 12.3 Å². The van der Waals surface area contributed by atoms with Crippen molar-refractivity contribution in [2.75, 3.05) is 49.9 Å². The first-order valence-corrected chi connectivity index (χ1v) is 10.9. The molecule has 0 aliphatic heterocycles. The van der Waals surface area contributed by atoms with E-state index in [-0.39, 0.29) is 29.7 Å². The lowest BCUT2D eigenvalue weighted by atomic mass is 10.2. The SMILES string of the molecule is CCNC(=NCCNS(=O)(=O)CC)NCCN(CC)c1cccc(C)c1.I. The summed E-state index contributed by atoms with van der Waals surface area (Å²) in [5, 5.41) is 6.48. The van der Waals surface area contributed by atoms with Gasteiger partial charge in [-0.25, -0.2) is 13.1 Å². The minimum atomic E-state index is -3.16. The van der Waals surface area contributed by atoms with E-state index in [1.54, 1.807) is 6.92 Å². The highest BCUT2D eigenvalue weighted by molar-refractivity contribution is 14.0. The molecule has 0 aliphatic rings. The van der Waals surface area contributed by atoms with Gasteiger partial charge in [0.15, 0.2) is 5.96 Å². The third-order valence-electron chi connectivity index (χ3n) is 3.85. The molecular formula is C18H34IN5O2S. The van der Waals surface area contributed by atoms with E-state index in [4.69, 9.17) is 0 Å². The Morgan fingerprint density at radius 1 is 1.15 bits per heavy atom. The van der Waals surface area contributed by atoms with Crippen LogP contribution in [0.4, 0.5) is 5.69 Å². The van der Waals surface area contributed by atoms with Crippen molar-refractivity contribution < 1.29 is 8.42 Å². The summed E-state index contributed by atoms with van der Waals surface area (Å²) in [6, 6.07) is 8.47. The maximum Gasteiger partial charge on any atom is 0.211 e. The predicted molar refractivity (Wildman–Crippen MR) is 126 cm³/mol. The number of hydrogen-bond donors (Lipinski definition) is 3. The van der Waals surface area contributed by atoms with Gasteiger partial charge in [-0.2, -0.15) is 0 Å². The number of hydrogen-bond acceptors (Lipinski definition) is 4. The fraction of sp³-hybridized carbons (Fsp3) is 0.611. The summed E-state index contributed by atoms with van der Waals surface area (Å²) < 4.78 is 25.3. The number of sulfonamides is 1. The van der Waals surface area contributed by atoms with E-state index in [1.165, 1.54) is 11.3 Å². The highest BCUT2D eigenvalue weighted by Gasteiger charge is 2.06. The Morgan fingerprint density at radius 2 is 1.89 bits per heavy atom. The van der Waals surface area contributed by atoms with Crippen molar-refractivity contribution in [3.63, 3.8) is 0 Å². The summed E-state index contributed by atoms with van der Waals surface area (Å²) >= 11 is 0. The van der Waals surface area contributed by atoms with Crippen molar-refractivity contribution in [1.82, 2.24) is 15.4 Å². The molecule has 27 heavy (non-hydrogen) atoms.